The van der Waals surface area contributed by atoms with Crippen LogP contribution in [0.25, 0.3) is 0 Å². The third kappa shape index (κ3) is 7.40. The fraction of sp³-hybridized carbons (Fsp3) is 0.500. The number of aryl methyl sites for hydroxylation is 1. The summed E-state index contributed by atoms with van der Waals surface area (Å²) >= 11 is 0. The van der Waals surface area contributed by atoms with Gasteiger partial charge in [-0.15, -0.1) is 0 Å². The Morgan fingerprint density at radius 1 is 1.03 bits per heavy atom. The Morgan fingerprint density at radius 2 is 1.66 bits per heavy atom. The molecule has 0 radical (unpaired) electrons. The summed E-state index contributed by atoms with van der Waals surface area (Å²) in [6, 6.07) is 11.8. The Bertz CT molecular complexity index is 1210. The summed E-state index contributed by atoms with van der Waals surface area (Å²) in [7, 11) is -0.912. The van der Waals surface area contributed by atoms with Gasteiger partial charge in [-0.1, -0.05) is 49.6 Å². The maximum atomic E-state index is 13.8. The standard InChI is InChI=1S/C28H39N3O6S/c1-6-24(28(33)29-22-9-7-8-10-22)30(18-21-13-11-20(2)12-14-21)27(32)19-31(38(5,34)35)23-15-16-25(36-3)26(17-23)37-4/h11-17,22,24H,6-10,18-19H2,1-5H3,(H,29,33). The van der Waals surface area contributed by atoms with Gasteiger partial charge >= 0.3 is 0 Å². The zero-order valence-electron chi connectivity index (χ0n) is 22.9. The van der Waals surface area contributed by atoms with Gasteiger partial charge in [0.1, 0.15) is 12.6 Å². The second kappa shape index (κ2) is 13.0. The van der Waals surface area contributed by atoms with Crippen molar-refractivity contribution in [2.75, 3.05) is 31.3 Å². The maximum Gasteiger partial charge on any atom is 0.244 e. The highest BCUT2D eigenvalue weighted by Crippen LogP contribution is 2.32. The van der Waals surface area contributed by atoms with Crippen LogP contribution in [0.3, 0.4) is 0 Å². The first kappa shape index (κ1) is 29.3. The molecule has 1 aliphatic carbocycles. The summed E-state index contributed by atoms with van der Waals surface area (Å²) in [4.78, 5) is 28.7. The lowest BCUT2D eigenvalue weighted by Crippen LogP contribution is -2.53. The smallest absolute Gasteiger partial charge is 0.244 e. The Morgan fingerprint density at radius 3 is 2.21 bits per heavy atom. The van der Waals surface area contributed by atoms with Gasteiger partial charge in [0.25, 0.3) is 0 Å². The van der Waals surface area contributed by atoms with Gasteiger partial charge in [0.05, 0.1) is 26.2 Å². The van der Waals surface area contributed by atoms with E-state index in [1.165, 1.54) is 25.2 Å². The van der Waals surface area contributed by atoms with Crippen molar-refractivity contribution in [2.24, 2.45) is 0 Å². The molecular weight excluding hydrogens is 506 g/mol. The minimum absolute atomic E-state index is 0.104. The second-order valence-corrected chi connectivity index (χ2v) is 11.6. The Balaban J connectivity index is 1.94. The zero-order valence-corrected chi connectivity index (χ0v) is 23.7. The average Bonchev–Trinajstić information content (AvgIpc) is 3.40. The lowest BCUT2D eigenvalue weighted by atomic mass is 10.1. The van der Waals surface area contributed by atoms with Crippen LogP contribution < -0.4 is 19.1 Å². The van der Waals surface area contributed by atoms with Crippen molar-refractivity contribution in [1.29, 1.82) is 0 Å². The molecule has 0 aromatic heterocycles. The number of sulfonamides is 1. The van der Waals surface area contributed by atoms with Crippen LogP contribution in [-0.4, -0.2) is 64.2 Å². The molecule has 10 heteroatoms. The van der Waals surface area contributed by atoms with Crippen molar-refractivity contribution >= 4 is 27.5 Å². The molecule has 0 saturated heterocycles. The molecule has 3 rings (SSSR count). The lowest BCUT2D eigenvalue weighted by molar-refractivity contribution is -0.140. The van der Waals surface area contributed by atoms with E-state index in [0.717, 1.165) is 47.4 Å². The Kier molecular flexibility index (Phi) is 10.0. The van der Waals surface area contributed by atoms with E-state index in [1.54, 1.807) is 12.1 Å². The average molecular weight is 546 g/mol. The number of amides is 2. The van der Waals surface area contributed by atoms with Crippen LogP contribution in [0, 0.1) is 6.92 Å². The zero-order chi connectivity index (χ0) is 27.9. The first-order valence-corrected chi connectivity index (χ1v) is 14.8. The molecule has 1 fully saturated rings. The van der Waals surface area contributed by atoms with Crippen LogP contribution in [0.5, 0.6) is 11.5 Å². The van der Waals surface area contributed by atoms with E-state index in [4.69, 9.17) is 9.47 Å². The fourth-order valence-corrected chi connectivity index (χ4v) is 5.61. The number of rotatable bonds is 12. The molecule has 0 spiro atoms. The van der Waals surface area contributed by atoms with Crippen LogP contribution in [0.15, 0.2) is 42.5 Å². The summed E-state index contributed by atoms with van der Waals surface area (Å²) < 4.78 is 37.3. The molecule has 1 unspecified atom stereocenters. The van der Waals surface area contributed by atoms with Gasteiger partial charge in [0.2, 0.25) is 21.8 Å². The second-order valence-electron chi connectivity index (χ2n) is 9.73. The molecule has 0 heterocycles. The van der Waals surface area contributed by atoms with Crippen LogP contribution in [0.4, 0.5) is 5.69 Å². The van der Waals surface area contributed by atoms with Crippen molar-refractivity contribution in [2.45, 2.75) is 64.6 Å². The quantitative estimate of drug-likeness (QED) is 0.437. The number of hydrogen-bond acceptors (Lipinski definition) is 6. The van der Waals surface area contributed by atoms with E-state index >= 15 is 0 Å². The van der Waals surface area contributed by atoms with Crippen LogP contribution >= 0.6 is 0 Å². The minimum Gasteiger partial charge on any atom is -0.493 e. The highest BCUT2D eigenvalue weighted by Gasteiger charge is 2.33. The van der Waals surface area contributed by atoms with Gasteiger partial charge in [0, 0.05) is 18.7 Å². The van der Waals surface area contributed by atoms with Gasteiger partial charge in [-0.2, -0.15) is 0 Å². The number of hydrogen-bond donors (Lipinski definition) is 1. The van der Waals surface area contributed by atoms with E-state index in [0.29, 0.717) is 17.9 Å². The maximum absolute atomic E-state index is 13.8. The number of carbonyl (C=O) groups excluding carboxylic acids is 2. The Hall–Kier alpha value is -3.27. The molecule has 1 atom stereocenters. The summed E-state index contributed by atoms with van der Waals surface area (Å²) in [5, 5.41) is 3.11. The van der Waals surface area contributed by atoms with Gasteiger partial charge in [-0.3, -0.25) is 13.9 Å². The van der Waals surface area contributed by atoms with Gasteiger partial charge in [-0.25, -0.2) is 8.42 Å². The highest BCUT2D eigenvalue weighted by atomic mass is 32.2. The number of methoxy groups -OCH3 is 2. The number of nitrogens with zero attached hydrogens (tertiary/aromatic N) is 2. The third-order valence-corrected chi connectivity index (χ3v) is 8.04. The van der Waals surface area contributed by atoms with Crippen molar-refractivity contribution in [1.82, 2.24) is 10.2 Å². The molecule has 9 nitrogen and oxygen atoms in total. The van der Waals surface area contributed by atoms with Crippen LogP contribution in [0.2, 0.25) is 0 Å². The van der Waals surface area contributed by atoms with E-state index in [2.05, 4.69) is 5.32 Å². The SMILES string of the molecule is CCC(C(=O)NC1CCCC1)N(Cc1ccc(C)cc1)C(=O)CN(c1ccc(OC)c(OC)c1)S(C)(=O)=O. The number of ether oxygens (including phenoxy) is 2. The van der Waals surface area contributed by atoms with Crippen molar-refractivity contribution in [3.8, 4) is 11.5 Å². The molecule has 0 bridgehead atoms. The molecule has 1 aliphatic rings. The monoisotopic (exact) mass is 545 g/mol. The van der Waals surface area contributed by atoms with Gasteiger partial charge in [0.15, 0.2) is 11.5 Å². The number of benzene rings is 2. The molecular formula is C28H39N3O6S. The molecule has 2 aromatic carbocycles. The van der Waals surface area contributed by atoms with Crippen molar-refractivity contribution < 1.29 is 27.5 Å². The number of carbonyl (C=O) groups is 2. The first-order chi connectivity index (χ1) is 18.1. The van der Waals surface area contributed by atoms with Crippen LogP contribution in [-0.2, 0) is 26.2 Å². The van der Waals surface area contributed by atoms with Crippen LogP contribution in [0.1, 0.15) is 50.2 Å². The van der Waals surface area contributed by atoms with E-state index in [-0.39, 0.29) is 24.2 Å². The Labute approximate surface area is 226 Å². The molecule has 0 aliphatic heterocycles. The summed E-state index contributed by atoms with van der Waals surface area (Å²) in [5.41, 5.74) is 2.19. The third-order valence-electron chi connectivity index (χ3n) is 6.90. The topological polar surface area (TPSA) is 105 Å². The van der Waals surface area contributed by atoms with E-state index in [1.807, 2.05) is 38.1 Å². The summed E-state index contributed by atoms with van der Waals surface area (Å²) in [6.45, 7) is 3.55. The van der Waals surface area contributed by atoms with E-state index in [9.17, 15) is 18.0 Å². The molecule has 208 valence electrons. The van der Waals surface area contributed by atoms with Gasteiger partial charge in [-0.05, 0) is 43.9 Å². The molecule has 38 heavy (non-hydrogen) atoms. The molecule has 1 N–H and O–H groups in total. The summed E-state index contributed by atoms with van der Waals surface area (Å²) in [5.74, 6) is 0.0905. The lowest BCUT2D eigenvalue weighted by Gasteiger charge is -2.33. The van der Waals surface area contributed by atoms with E-state index < -0.39 is 28.5 Å². The number of nitrogens with one attached hydrogen (secondary N) is 1. The molecule has 2 amide bonds. The van der Waals surface area contributed by atoms with Gasteiger partial charge < -0.3 is 19.7 Å². The fourth-order valence-electron chi connectivity index (χ4n) is 4.77. The molecule has 2 aromatic rings. The van der Waals surface area contributed by atoms with Crippen molar-refractivity contribution in [3.05, 3.63) is 53.6 Å². The first-order valence-electron chi connectivity index (χ1n) is 12.9. The molecule has 1 saturated carbocycles. The predicted molar refractivity (Wildman–Crippen MR) is 148 cm³/mol. The number of anilines is 1. The predicted octanol–water partition coefficient (Wildman–Crippen LogP) is 3.64. The van der Waals surface area contributed by atoms with Crippen molar-refractivity contribution in [3.63, 3.8) is 0 Å². The highest BCUT2D eigenvalue weighted by molar-refractivity contribution is 7.92. The largest absolute Gasteiger partial charge is 0.493 e. The summed E-state index contributed by atoms with van der Waals surface area (Å²) in [6.07, 6.45) is 5.44. The minimum atomic E-state index is -3.85. The normalized spacial score (nSPS) is 14.6.